The monoisotopic (exact) mass is 249 g/mol. The summed E-state index contributed by atoms with van der Waals surface area (Å²) in [6, 6.07) is 2.85. The predicted molar refractivity (Wildman–Crippen MR) is 65.6 cm³/mol. The molecule has 1 atom stereocenters. The molecule has 0 saturated carbocycles. The average Bonchev–Trinajstić information content (AvgIpc) is 2.87. The maximum absolute atomic E-state index is 11.5. The van der Waals surface area contributed by atoms with Crippen LogP contribution in [0, 0.1) is 0 Å². The molecule has 6 nitrogen and oxygen atoms in total. The molecule has 1 aromatic rings. The number of aliphatic carboxylic acids is 1. The van der Waals surface area contributed by atoms with Gasteiger partial charge in [0.25, 0.3) is 5.91 Å². The number of carbonyl (C=O) groups excluding carboxylic acids is 1. The first-order valence-corrected chi connectivity index (χ1v) is 5.81. The van der Waals surface area contributed by atoms with Crippen LogP contribution in [0.3, 0.4) is 0 Å². The van der Waals surface area contributed by atoms with Gasteiger partial charge in [0.2, 0.25) is 0 Å². The van der Waals surface area contributed by atoms with E-state index in [9.17, 15) is 9.59 Å². The molecule has 0 aliphatic carbocycles. The fourth-order valence-corrected chi connectivity index (χ4v) is 2.18. The molecule has 1 fully saturated rings. The Labute approximate surface area is 105 Å². The Morgan fingerprint density at radius 2 is 2.33 bits per heavy atom. The van der Waals surface area contributed by atoms with Gasteiger partial charge in [-0.15, -0.1) is 0 Å². The molecule has 1 aliphatic rings. The van der Waals surface area contributed by atoms with E-state index in [1.807, 2.05) is 0 Å². The normalized spacial score (nSPS) is 18.7. The van der Waals surface area contributed by atoms with Gasteiger partial charge in [-0.05, 0) is 25.0 Å². The third-order valence-electron chi connectivity index (χ3n) is 3.07. The Kier molecular flexibility index (Phi) is 3.45. The molecule has 0 radical (unpaired) electrons. The summed E-state index contributed by atoms with van der Waals surface area (Å²) in [5.41, 5.74) is 1.03. The Morgan fingerprint density at radius 1 is 1.56 bits per heavy atom. The van der Waals surface area contributed by atoms with Gasteiger partial charge in [-0.2, -0.15) is 0 Å². The predicted octanol–water partition coefficient (Wildman–Crippen LogP) is 0.495. The van der Waals surface area contributed by atoms with Crippen LogP contribution in [-0.4, -0.2) is 41.6 Å². The lowest BCUT2D eigenvalue weighted by Gasteiger charge is -2.23. The minimum Gasteiger partial charge on any atom is -0.480 e. The number of rotatable bonds is 3. The molecule has 1 aromatic heterocycles. The maximum Gasteiger partial charge on any atom is 0.326 e. The van der Waals surface area contributed by atoms with Gasteiger partial charge in [-0.3, -0.25) is 9.78 Å². The van der Waals surface area contributed by atoms with Crippen molar-refractivity contribution in [3.8, 4) is 0 Å². The number of nitrogens with one attached hydrogen (secondary N) is 1. The largest absolute Gasteiger partial charge is 0.480 e. The van der Waals surface area contributed by atoms with Crippen molar-refractivity contribution in [2.45, 2.75) is 18.9 Å². The number of carboxylic acid groups (broad SMARTS) is 1. The summed E-state index contributed by atoms with van der Waals surface area (Å²) in [5.74, 6) is -1.10. The highest BCUT2D eigenvalue weighted by Crippen LogP contribution is 2.25. The van der Waals surface area contributed by atoms with Crippen LogP contribution >= 0.6 is 0 Å². The number of hydrogen-bond donors (Lipinski definition) is 2. The quantitative estimate of drug-likeness (QED) is 0.815. The zero-order valence-electron chi connectivity index (χ0n) is 10.1. The summed E-state index contributed by atoms with van der Waals surface area (Å²) in [6.07, 6.45) is 3.00. The summed E-state index contributed by atoms with van der Waals surface area (Å²) in [5, 5.41) is 11.6. The van der Waals surface area contributed by atoms with Gasteiger partial charge in [-0.25, -0.2) is 4.79 Å². The third kappa shape index (κ3) is 2.27. The van der Waals surface area contributed by atoms with Crippen LogP contribution in [0.15, 0.2) is 18.3 Å². The second-order valence-corrected chi connectivity index (χ2v) is 4.17. The van der Waals surface area contributed by atoms with Crippen molar-refractivity contribution < 1.29 is 14.7 Å². The number of carboxylic acids is 1. The summed E-state index contributed by atoms with van der Waals surface area (Å²) in [7, 11) is 1.53. The smallest absolute Gasteiger partial charge is 0.326 e. The second-order valence-electron chi connectivity index (χ2n) is 4.17. The Balaban J connectivity index is 2.28. The SMILES string of the molecule is CNC(=O)c1cc(N2CCCC2C(=O)O)ccn1. The number of amides is 1. The van der Waals surface area contributed by atoms with Crippen molar-refractivity contribution in [1.29, 1.82) is 0 Å². The minimum absolute atomic E-state index is 0.275. The van der Waals surface area contributed by atoms with E-state index in [0.717, 1.165) is 12.1 Å². The van der Waals surface area contributed by atoms with E-state index in [1.54, 1.807) is 17.0 Å². The fraction of sp³-hybridized carbons (Fsp3) is 0.417. The maximum atomic E-state index is 11.5. The summed E-state index contributed by atoms with van der Waals surface area (Å²) < 4.78 is 0. The molecular formula is C12H15N3O3. The van der Waals surface area contributed by atoms with Crippen molar-refractivity contribution >= 4 is 17.6 Å². The molecule has 2 rings (SSSR count). The average molecular weight is 249 g/mol. The number of anilines is 1. The second kappa shape index (κ2) is 5.03. The molecule has 1 unspecified atom stereocenters. The number of aromatic nitrogens is 1. The van der Waals surface area contributed by atoms with Gasteiger partial charge in [-0.1, -0.05) is 0 Å². The number of hydrogen-bond acceptors (Lipinski definition) is 4. The lowest BCUT2D eigenvalue weighted by molar-refractivity contribution is -0.138. The van der Waals surface area contributed by atoms with E-state index in [2.05, 4.69) is 10.3 Å². The lowest BCUT2D eigenvalue weighted by Crippen LogP contribution is -2.36. The molecule has 0 spiro atoms. The van der Waals surface area contributed by atoms with E-state index in [-0.39, 0.29) is 5.91 Å². The van der Waals surface area contributed by atoms with Crippen LogP contribution in [0.25, 0.3) is 0 Å². The van der Waals surface area contributed by atoms with E-state index < -0.39 is 12.0 Å². The molecule has 0 aromatic carbocycles. The van der Waals surface area contributed by atoms with Crippen LogP contribution in [0.1, 0.15) is 23.3 Å². The molecule has 6 heteroatoms. The van der Waals surface area contributed by atoms with Crippen molar-refractivity contribution in [3.63, 3.8) is 0 Å². The first-order chi connectivity index (χ1) is 8.63. The molecule has 2 N–H and O–H groups in total. The Morgan fingerprint density at radius 3 is 3.00 bits per heavy atom. The number of nitrogens with zero attached hydrogens (tertiary/aromatic N) is 2. The zero-order valence-corrected chi connectivity index (χ0v) is 10.1. The molecule has 1 saturated heterocycles. The lowest BCUT2D eigenvalue weighted by atomic mass is 10.2. The van der Waals surface area contributed by atoms with E-state index in [4.69, 9.17) is 5.11 Å². The van der Waals surface area contributed by atoms with Gasteiger partial charge in [0, 0.05) is 25.5 Å². The molecule has 1 aliphatic heterocycles. The van der Waals surface area contributed by atoms with Gasteiger partial charge >= 0.3 is 5.97 Å². The van der Waals surface area contributed by atoms with E-state index in [0.29, 0.717) is 18.7 Å². The highest BCUT2D eigenvalue weighted by atomic mass is 16.4. The molecule has 96 valence electrons. The summed E-state index contributed by atoms with van der Waals surface area (Å²) in [6.45, 7) is 0.689. The van der Waals surface area contributed by atoms with Crippen LogP contribution in [-0.2, 0) is 4.79 Å². The van der Waals surface area contributed by atoms with Crippen LogP contribution < -0.4 is 10.2 Å². The minimum atomic E-state index is -0.828. The topological polar surface area (TPSA) is 82.5 Å². The first kappa shape index (κ1) is 12.3. The molecular weight excluding hydrogens is 234 g/mol. The van der Waals surface area contributed by atoms with Crippen molar-refractivity contribution in [2.75, 3.05) is 18.5 Å². The van der Waals surface area contributed by atoms with E-state index >= 15 is 0 Å². The summed E-state index contributed by atoms with van der Waals surface area (Å²) in [4.78, 5) is 28.4. The van der Waals surface area contributed by atoms with Gasteiger partial charge in [0.05, 0.1) is 0 Å². The van der Waals surface area contributed by atoms with Crippen molar-refractivity contribution in [2.24, 2.45) is 0 Å². The fourth-order valence-electron chi connectivity index (χ4n) is 2.18. The number of carbonyl (C=O) groups is 2. The standard InChI is InChI=1S/C12H15N3O3/c1-13-11(16)9-7-8(4-5-14-9)15-6-2-3-10(15)12(17)18/h4-5,7,10H,2-3,6H2,1H3,(H,13,16)(H,17,18). The van der Waals surface area contributed by atoms with Crippen LogP contribution in [0.5, 0.6) is 0 Å². The summed E-state index contributed by atoms with van der Waals surface area (Å²) >= 11 is 0. The molecule has 2 heterocycles. The van der Waals surface area contributed by atoms with E-state index in [1.165, 1.54) is 13.2 Å². The van der Waals surface area contributed by atoms with Crippen LogP contribution in [0.4, 0.5) is 5.69 Å². The Hall–Kier alpha value is -2.11. The molecule has 18 heavy (non-hydrogen) atoms. The van der Waals surface area contributed by atoms with Crippen LogP contribution in [0.2, 0.25) is 0 Å². The Bertz CT molecular complexity index is 475. The van der Waals surface area contributed by atoms with Crippen molar-refractivity contribution in [1.82, 2.24) is 10.3 Å². The van der Waals surface area contributed by atoms with Gasteiger partial charge in [0.1, 0.15) is 11.7 Å². The molecule has 0 bridgehead atoms. The van der Waals surface area contributed by atoms with Gasteiger partial charge in [0.15, 0.2) is 0 Å². The zero-order chi connectivity index (χ0) is 13.1. The number of pyridine rings is 1. The highest BCUT2D eigenvalue weighted by molar-refractivity contribution is 5.93. The van der Waals surface area contributed by atoms with Crippen molar-refractivity contribution in [3.05, 3.63) is 24.0 Å². The third-order valence-corrected chi connectivity index (χ3v) is 3.07. The molecule has 1 amide bonds. The van der Waals surface area contributed by atoms with Gasteiger partial charge < -0.3 is 15.3 Å². The highest BCUT2D eigenvalue weighted by Gasteiger charge is 2.30. The first-order valence-electron chi connectivity index (χ1n) is 5.81.